The summed E-state index contributed by atoms with van der Waals surface area (Å²) in [6, 6.07) is 5.39. The maximum atomic E-state index is 11.4. The van der Waals surface area contributed by atoms with E-state index in [4.69, 9.17) is 4.74 Å². The van der Waals surface area contributed by atoms with Crippen LogP contribution in [0.4, 0.5) is 0 Å². The van der Waals surface area contributed by atoms with Crippen molar-refractivity contribution in [3.63, 3.8) is 0 Å². The number of aryl methyl sites for hydroxylation is 1. The van der Waals surface area contributed by atoms with Gasteiger partial charge in [0.2, 0.25) is 0 Å². The molecular formula is C11H15NO2. The number of ether oxygens (including phenoxy) is 1. The predicted molar refractivity (Wildman–Crippen MR) is 55.7 cm³/mol. The monoisotopic (exact) mass is 193 g/mol. The summed E-state index contributed by atoms with van der Waals surface area (Å²) in [5, 5.41) is 2.75. The molecule has 0 spiro atoms. The Bertz CT molecular complexity index is 334. The van der Waals surface area contributed by atoms with Gasteiger partial charge in [-0.3, -0.25) is 4.79 Å². The molecular weight excluding hydrogens is 178 g/mol. The molecule has 3 nitrogen and oxygen atoms in total. The van der Waals surface area contributed by atoms with Crippen molar-refractivity contribution in [3.05, 3.63) is 29.3 Å². The lowest BCUT2D eigenvalue weighted by atomic mass is 10.1. The van der Waals surface area contributed by atoms with Crippen molar-refractivity contribution in [1.82, 2.24) is 5.32 Å². The van der Waals surface area contributed by atoms with Gasteiger partial charge in [0.25, 0.3) is 5.91 Å². The SMILES string of the molecule is CCNC(=O)c1ccc(OC)c(C)c1. The normalized spacial score (nSPS) is 9.64. The minimum atomic E-state index is -0.0433. The second-order valence-corrected chi connectivity index (χ2v) is 3.04. The average molecular weight is 193 g/mol. The highest BCUT2D eigenvalue weighted by atomic mass is 16.5. The second kappa shape index (κ2) is 4.65. The number of carbonyl (C=O) groups excluding carboxylic acids is 1. The molecule has 0 radical (unpaired) electrons. The first kappa shape index (κ1) is 10.6. The molecule has 0 bridgehead atoms. The van der Waals surface area contributed by atoms with Crippen LogP contribution in [0.2, 0.25) is 0 Å². The van der Waals surface area contributed by atoms with E-state index < -0.39 is 0 Å². The fraction of sp³-hybridized carbons (Fsp3) is 0.364. The molecule has 0 heterocycles. The Hall–Kier alpha value is -1.51. The summed E-state index contributed by atoms with van der Waals surface area (Å²) in [5.41, 5.74) is 1.64. The number of hydrogen-bond donors (Lipinski definition) is 1. The van der Waals surface area contributed by atoms with Gasteiger partial charge in [0.1, 0.15) is 5.75 Å². The lowest BCUT2D eigenvalue weighted by Gasteiger charge is -2.06. The van der Waals surface area contributed by atoms with E-state index in [2.05, 4.69) is 5.32 Å². The first-order valence-corrected chi connectivity index (χ1v) is 4.62. The quantitative estimate of drug-likeness (QED) is 0.794. The topological polar surface area (TPSA) is 38.3 Å². The predicted octanol–water partition coefficient (Wildman–Crippen LogP) is 1.75. The third kappa shape index (κ3) is 2.25. The number of rotatable bonds is 3. The molecule has 1 aromatic carbocycles. The number of carbonyl (C=O) groups is 1. The molecule has 0 saturated carbocycles. The number of benzene rings is 1. The van der Waals surface area contributed by atoms with Gasteiger partial charge in [-0.2, -0.15) is 0 Å². The number of nitrogens with one attached hydrogen (secondary N) is 1. The van der Waals surface area contributed by atoms with Gasteiger partial charge in [-0.15, -0.1) is 0 Å². The summed E-state index contributed by atoms with van der Waals surface area (Å²) in [4.78, 5) is 11.4. The summed E-state index contributed by atoms with van der Waals surface area (Å²) in [6.45, 7) is 4.46. The first-order chi connectivity index (χ1) is 6.69. The van der Waals surface area contributed by atoms with E-state index in [9.17, 15) is 4.79 Å². The van der Waals surface area contributed by atoms with Crippen molar-refractivity contribution in [2.24, 2.45) is 0 Å². The Morgan fingerprint density at radius 1 is 1.50 bits per heavy atom. The lowest BCUT2D eigenvalue weighted by Crippen LogP contribution is -2.22. The van der Waals surface area contributed by atoms with Gasteiger partial charge in [0, 0.05) is 12.1 Å². The minimum Gasteiger partial charge on any atom is -0.496 e. The Kier molecular flexibility index (Phi) is 3.51. The zero-order valence-corrected chi connectivity index (χ0v) is 8.76. The standard InChI is InChI=1S/C11H15NO2/c1-4-12-11(13)9-5-6-10(14-3)8(2)7-9/h5-7H,4H2,1-3H3,(H,12,13). The maximum Gasteiger partial charge on any atom is 0.251 e. The molecule has 1 aromatic rings. The summed E-state index contributed by atoms with van der Waals surface area (Å²) in [6.07, 6.45) is 0. The van der Waals surface area contributed by atoms with Gasteiger partial charge in [0.05, 0.1) is 7.11 Å². The average Bonchev–Trinajstić information content (AvgIpc) is 2.18. The van der Waals surface area contributed by atoms with Gasteiger partial charge in [-0.25, -0.2) is 0 Å². The molecule has 0 fully saturated rings. The molecule has 0 aliphatic rings. The van der Waals surface area contributed by atoms with Crippen molar-refractivity contribution in [2.75, 3.05) is 13.7 Å². The molecule has 1 N–H and O–H groups in total. The van der Waals surface area contributed by atoms with E-state index in [1.807, 2.05) is 19.9 Å². The maximum absolute atomic E-state index is 11.4. The van der Waals surface area contributed by atoms with E-state index in [0.717, 1.165) is 11.3 Å². The molecule has 76 valence electrons. The zero-order valence-electron chi connectivity index (χ0n) is 8.76. The fourth-order valence-electron chi connectivity index (χ4n) is 1.28. The minimum absolute atomic E-state index is 0.0433. The van der Waals surface area contributed by atoms with E-state index in [0.29, 0.717) is 12.1 Å². The van der Waals surface area contributed by atoms with Crippen molar-refractivity contribution in [3.8, 4) is 5.75 Å². The Morgan fingerprint density at radius 2 is 2.21 bits per heavy atom. The van der Waals surface area contributed by atoms with Gasteiger partial charge in [0.15, 0.2) is 0 Å². The highest BCUT2D eigenvalue weighted by Crippen LogP contribution is 2.18. The smallest absolute Gasteiger partial charge is 0.251 e. The molecule has 0 saturated heterocycles. The summed E-state index contributed by atoms with van der Waals surface area (Å²) >= 11 is 0. The molecule has 0 unspecified atom stereocenters. The Balaban J connectivity index is 2.91. The van der Waals surface area contributed by atoms with Crippen LogP contribution in [0.25, 0.3) is 0 Å². The van der Waals surface area contributed by atoms with Crippen molar-refractivity contribution < 1.29 is 9.53 Å². The molecule has 0 aliphatic heterocycles. The molecule has 1 rings (SSSR count). The van der Waals surface area contributed by atoms with Crippen LogP contribution in [0.15, 0.2) is 18.2 Å². The molecule has 14 heavy (non-hydrogen) atoms. The number of hydrogen-bond acceptors (Lipinski definition) is 2. The van der Waals surface area contributed by atoms with E-state index in [-0.39, 0.29) is 5.91 Å². The third-order valence-electron chi connectivity index (χ3n) is 1.99. The van der Waals surface area contributed by atoms with Crippen molar-refractivity contribution >= 4 is 5.91 Å². The van der Waals surface area contributed by atoms with Crippen molar-refractivity contribution in [1.29, 1.82) is 0 Å². The van der Waals surface area contributed by atoms with Gasteiger partial charge in [-0.05, 0) is 37.6 Å². The van der Waals surface area contributed by atoms with Crippen LogP contribution in [-0.2, 0) is 0 Å². The van der Waals surface area contributed by atoms with Crippen LogP contribution < -0.4 is 10.1 Å². The Morgan fingerprint density at radius 3 is 2.71 bits per heavy atom. The summed E-state index contributed by atoms with van der Waals surface area (Å²) in [5.74, 6) is 0.760. The summed E-state index contributed by atoms with van der Waals surface area (Å²) < 4.78 is 5.11. The molecule has 0 atom stereocenters. The lowest BCUT2D eigenvalue weighted by molar-refractivity contribution is 0.0955. The van der Waals surface area contributed by atoms with Gasteiger partial charge >= 0.3 is 0 Å². The largest absolute Gasteiger partial charge is 0.496 e. The number of methoxy groups -OCH3 is 1. The van der Waals surface area contributed by atoms with Crippen LogP contribution in [0.1, 0.15) is 22.8 Å². The van der Waals surface area contributed by atoms with Crippen LogP contribution >= 0.6 is 0 Å². The van der Waals surface area contributed by atoms with E-state index in [1.165, 1.54) is 0 Å². The Labute approximate surface area is 84.1 Å². The zero-order chi connectivity index (χ0) is 10.6. The first-order valence-electron chi connectivity index (χ1n) is 4.62. The number of amides is 1. The molecule has 1 amide bonds. The van der Waals surface area contributed by atoms with E-state index in [1.54, 1.807) is 19.2 Å². The summed E-state index contributed by atoms with van der Waals surface area (Å²) in [7, 11) is 1.62. The molecule has 0 aromatic heterocycles. The fourth-order valence-corrected chi connectivity index (χ4v) is 1.28. The third-order valence-corrected chi connectivity index (χ3v) is 1.99. The van der Waals surface area contributed by atoms with Crippen LogP contribution in [-0.4, -0.2) is 19.6 Å². The van der Waals surface area contributed by atoms with Crippen LogP contribution in [0.5, 0.6) is 5.75 Å². The van der Waals surface area contributed by atoms with Crippen LogP contribution in [0, 0.1) is 6.92 Å². The highest BCUT2D eigenvalue weighted by molar-refractivity contribution is 5.94. The van der Waals surface area contributed by atoms with Gasteiger partial charge < -0.3 is 10.1 Å². The van der Waals surface area contributed by atoms with Crippen LogP contribution in [0.3, 0.4) is 0 Å². The highest BCUT2D eigenvalue weighted by Gasteiger charge is 2.06. The molecule has 0 aliphatic carbocycles. The molecule has 3 heteroatoms. The van der Waals surface area contributed by atoms with Gasteiger partial charge in [-0.1, -0.05) is 0 Å². The van der Waals surface area contributed by atoms with Crippen molar-refractivity contribution in [2.45, 2.75) is 13.8 Å². The van der Waals surface area contributed by atoms with E-state index >= 15 is 0 Å². The second-order valence-electron chi connectivity index (χ2n) is 3.04.